The van der Waals surface area contributed by atoms with Crippen molar-refractivity contribution in [1.29, 1.82) is 0 Å². The van der Waals surface area contributed by atoms with Crippen LogP contribution in [0.5, 0.6) is 0 Å². The van der Waals surface area contributed by atoms with Gasteiger partial charge in [0.25, 0.3) is 0 Å². The fourth-order valence-corrected chi connectivity index (χ4v) is 3.44. The van der Waals surface area contributed by atoms with Gasteiger partial charge in [-0.25, -0.2) is 4.98 Å². The average Bonchev–Trinajstić information content (AvgIpc) is 3.04. The molecule has 0 spiro atoms. The van der Waals surface area contributed by atoms with Crippen molar-refractivity contribution in [2.45, 2.75) is 65.8 Å². The van der Waals surface area contributed by atoms with Crippen LogP contribution in [0.1, 0.15) is 63.9 Å². The average molecular weight is 389 g/mol. The van der Waals surface area contributed by atoms with E-state index in [1.165, 1.54) is 22.7 Å². The lowest BCUT2D eigenvalue weighted by Crippen LogP contribution is -2.42. The standard InChI is InChI=1S/C21H32N4OS/c1-6-7-13-25(14-12-19(26)23-21(3,4)5)20-22-18(24-27-20)15-17-10-8-16(2)9-11-17/h8-11H,6-7,12-15H2,1-5H3,(H,23,26). The van der Waals surface area contributed by atoms with Crippen LogP contribution < -0.4 is 10.2 Å². The number of carbonyl (C=O) groups excluding carboxylic acids is 1. The van der Waals surface area contributed by atoms with Crippen molar-refractivity contribution in [3.63, 3.8) is 0 Å². The van der Waals surface area contributed by atoms with E-state index in [2.05, 4.69) is 52.7 Å². The normalized spacial score (nSPS) is 11.4. The van der Waals surface area contributed by atoms with Gasteiger partial charge in [0.1, 0.15) is 5.82 Å². The van der Waals surface area contributed by atoms with Gasteiger partial charge in [-0.15, -0.1) is 0 Å². The SMILES string of the molecule is CCCCN(CCC(=O)NC(C)(C)C)c1nc(Cc2ccc(C)cc2)ns1. The fourth-order valence-electron chi connectivity index (χ4n) is 2.70. The minimum absolute atomic E-state index is 0.0772. The molecule has 0 saturated heterocycles. The highest BCUT2D eigenvalue weighted by Crippen LogP contribution is 2.20. The number of hydrogen-bond acceptors (Lipinski definition) is 5. The Labute approximate surface area is 167 Å². The minimum Gasteiger partial charge on any atom is -0.351 e. The summed E-state index contributed by atoms with van der Waals surface area (Å²) in [4.78, 5) is 19.1. The molecule has 27 heavy (non-hydrogen) atoms. The summed E-state index contributed by atoms with van der Waals surface area (Å²) in [6, 6.07) is 8.48. The number of unbranched alkanes of at least 4 members (excludes halogenated alkanes) is 1. The molecule has 1 N–H and O–H groups in total. The number of hydrogen-bond donors (Lipinski definition) is 1. The molecule has 1 aromatic carbocycles. The van der Waals surface area contributed by atoms with Crippen LogP contribution in [0.15, 0.2) is 24.3 Å². The van der Waals surface area contributed by atoms with Gasteiger partial charge in [0.05, 0.1) is 0 Å². The predicted octanol–water partition coefficient (Wildman–Crippen LogP) is 4.35. The zero-order valence-electron chi connectivity index (χ0n) is 17.2. The van der Waals surface area contributed by atoms with Crippen molar-refractivity contribution >= 4 is 22.6 Å². The van der Waals surface area contributed by atoms with Gasteiger partial charge in [-0.3, -0.25) is 4.79 Å². The Morgan fingerprint density at radius 2 is 1.89 bits per heavy atom. The molecule has 2 aromatic rings. The van der Waals surface area contributed by atoms with Crippen LogP contribution in [-0.2, 0) is 11.2 Å². The Morgan fingerprint density at radius 1 is 1.19 bits per heavy atom. The zero-order valence-corrected chi connectivity index (χ0v) is 18.0. The summed E-state index contributed by atoms with van der Waals surface area (Å²) in [5.74, 6) is 0.924. The molecule has 6 heteroatoms. The summed E-state index contributed by atoms with van der Waals surface area (Å²) < 4.78 is 4.54. The van der Waals surface area contributed by atoms with Crippen molar-refractivity contribution in [1.82, 2.24) is 14.7 Å². The van der Waals surface area contributed by atoms with Gasteiger partial charge in [0, 0.05) is 43.0 Å². The lowest BCUT2D eigenvalue weighted by molar-refractivity contribution is -0.122. The summed E-state index contributed by atoms with van der Waals surface area (Å²) in [5.41, 5.74) is 2.27. The van der Waals surface area contributed by atoms with Crippen molar-refractivity contribution < 1.29 is 4.79 Å². The Kier molecular flexibility index (Phi) is 7.78. The monoisotopic (exact) mass is 388 g/mol. The van der Waals surface area contributed by atoms with E-state index in [0.717, 1.165) is 36.8 Å². The van der Waals surface area contributed by atoms with E-state index >= 15 is 0 Å². The van der Waals surface area contributed by atoms with Crippen LogP contribution in [0.4, 0.5) is 5.13 Å². The van der Waals surface area contributed by atoms with Crippen LogP contribution in [0.2, 0.25) is 0 Å². The number of aromatic nitrogens is 2. The molecule has 0 aliphatic heterocycles. The molecule has 1 aromatic heterocycles. The summed E-state index contributed by atoms with van der Waals surface area (Å²) in [6.45, 7) is 11.8. The van der Waals surface area contributed by atoms with Crippen LogP contribution in [0.25, 0.3) is 0 Å². The second-order valence-corrected chi connectivity index (χ2v) is 8.77. The van der Waals surface area contributed by atoms with Crippen molar-refractivity contribution in [2.24, 2.45) is 0 Å². The van der Waals surface area contributed by atoms with E-state index in [-0.39, 0.29) is 11.4 Å². The van der Waals surface area contributed by atoms with Gasteiger partial charge < -0.3 is 10.2 Å². The van der Waals surface area contributed by atoms with Gasteiger partial charge in [0.2, 0.25) is 11.0 Å². The van der Waals surface area contributed by atoms with Gasteiger partial charge in [-0.1, -0.05) is 43.2 Å². The van der Waals surface area contributed by atoms with E-state index in [9.17, 15) is 4.79 Å². The number of rotatable bonds is 9. The highest BCUT2D eigenvalue weighted by Gasteiger charge is 2.17. The van der Waals surface area contributed by atoms with Crippen LogP contribution in [0.3, 0.4) is 0 Å². The fraction of sp³-hybridized carbons (Fsp3) is 0.571. The molecule has 2 rings (SSSR count). The maximum Gasteiger partial charge on any atom is 0.222 e. The van der Waals surface area contributed by atoms with Gasteiger partial charge in [-0.2, -0.15) is 4.37 Å². The molecule has 1 heterocycles. The summed E-state index contributed by atoms with van der Waals surface area (Å²) >= 11 is 1.43. The number of nitrogens with one attached hydrogen (secondary N) is 1. The summed E-state index contributed by atoms with van der Waals surface area (Å²) in [6.07, 6.45) is 3.39. The van der Waals surface area contributed by atoms with Crippen LogP contribution in [-0.4, -0.2) is 33.9 Å². The molecule has 0 aliphatic carbocycles. The molecule has 0 saturated carbocycles. The second-order valence-electron chi connectivity index (χ2n) is 8.04. The van der Waals surface area contributed by atoms with E-state index < -0.39 is 0 Å². The second kappa shape index (κ2) is 9.83. The Bertz CT molecular complexity index is 719. The largest absolute Gasteiger partial charge is 0.351 e. The molecule has 0 fully saturated rings. The molecule has 1 amide bonds. The van der Waals surface area contributed by atoms with Crippen molar-refractivity contribution in [3.8, 4) is 0 Å². The first-order valence-electron chi connectivity index (χ1n) is 9.71. The topological polar surface area (TPSA) is 58.1 Å². The number of anilines is 1. The van der Waals surface area contributed by atoms with Crippen molar-refractivity contribution in [3.05, 3.63) is 41.2 Å². The smallest absolute Gasteiger partial charge is 0.222 e. The molecule has 5 nitrogen and oxygen atoms in total. The van der Waals surface area contributed by atoms with Crippen molar-refractivity contribution in [2.75, 3.05) is 18.0 Å². The predicted molar refractivity (Wildman–Crippen MR) is 114 cm³/mol. The number of aryl methyl sites for hydroxylation is 1. The van der Waals surface area contributed by atoms with Gasteiger partial charge in [-0.05, 0) is 39.7 Å². The van der Waals surface area contributed by atoms with Crippen LogP contribution in [0, 0.1) is 6.92 Å². The summed E-state index contributed by atoms with van der Waals surface area (Å²) in [5, 5.41) is 3.94. The summed E-state index contributed by atoms with van der Waals surface area (Å²) in [7, 11) is 0. The number of nitrogens with zero attached hydrogens (tertiary/aromatic N) is 3. The molecular weight excluding hydrogens is 356 g/mol. The lowest BCUT2D eigenvalue weighted by Gasteiger charge is -2.24. The maximum absolute atomic E-state index is 12.2. The highest BCUT2D eigenvalue weighted by molar-refractivity contribution is 7.09. The molecular formula is C21H32N4OS. The quantitative estimate of drug-likeness (QED) is 0.694. The Hall–Kier alpha value is -1.95. The first-order valence-corrected chi connectivity index (χ1v) is 10.5. The molecule has 148 valence electrons. The first kappa shape index (κ1) is 21.4. The van der Waals surface area contributed by atoms with Gasteiger partial charge >= 0.3 is 0 Å². The number of carbonyl (C=O) groups is 1. The van der Waals surface area contributed by atoms with E-state index in [1.54, 1.807) is 0 Å². The molecule has 0 atom stereocenters. The first-order chi connectivity index (χ1) is 12.8. The van der Waals surface area contributed by atoms with E-state index in [1.807, 2.05) is 20.8 Å². The molecule has 0 aliphatic rings. The third kappa shape index (κ3) is 7.67. The van der Waals surface area contributed by atoms with Crippen LogP contribution >= 0.6 is 11.5 Å². The van der Waals surface area contributed by atoms with Gasteiger partial charge in [0.15, 0.2) is 0 Å². The highest BCUT2D eigenvalue weighted by atomic mass is 32.1. The Balaban J connectivity index is 2.00. The van der Waals surface area contributed by atoms with E-state index in [0.29, 0.717) is 13.0 Å². The maximum atomic E-state index is 12.2. The third-order valence-electron chi connectivity index (χ3n) is 4.12. The molecule has 0 radical (unpaired) electrons. The Morgan fingerprint density at radius 3 is 2.52 bits per heavy atom. The molecule has 0 unspecified atom stereocenters. The van der Waals surface area contributed by atoms with E-state index in [4.69, 9.17) is 4.98 Å². The third-order valence-corrected chi connectivity index (χ3v) is 4.93. The molecule has 0 bridgehead atoms. The number of amides is 1. The minimum atomic E-state index is -0.199. The lowest BCUT2D eigenvalue weighted by atomic mass is 10.1. The number of benzene rings is 1. The zero-order chi connectivity index (χ0) is 19.9.